The lowest BCUT2D eigenvalue weighted by molar-refractivity contribution is -0.144. The van der Waals surface area contributed by atoms with Gasteiger partial charge in [0.15, 0.2) is 5.96 Å². The van der Waals surface area contributed by atoms with Gasteiger partial charge in [0.25, 0.3) is 0 Å². The van der Waals surface area contributed by atoms with E-state index in [1.807, 2.05) is 13.8 Å². The molecule has 196 valence electrons. The van der Waals surface area contributed by atoms with Crippen LogP contribution in [0.1, 0.15) is 53.4 Å². The highest BCUT2D eigenvalue weighted by Crippen LogP contribution is 2.12. The van der Waals surface area contributed by atoms with E-state index in [2.05, 4.69) is 33.6 Å². The van der Waals surface area contributed by atoms with Crippen LogP contribution in [0.5, 0.6) is 0 Å². The first kappa shape index (κ1) is 31.5. The van der Waals surface area contributed by atoms with Gasteiger partial charge in [-0.2, -0.15) is 12.6 Å². The minimum atomic E-state index is -1.15. The van der Waals surface area contributed by atoms with Crippen molar-refractivity contribution in [2.45, 2.75) is 77.5 Å². The van der Waals surface area contributed by atoms with E-state index in [1.165, 1.54) is 0 Å². The number of aliphatic carboxylic acids is 1. The van der Waals surface area contributed by atoms with Crippen molar-refractivity contribution in [2.75, 3.05) is 12.3 Å². The Bertz CT molecular complexity index is 718. The minimum Gasteiger partial charge on any atom is -0.480 e. The number of carbonyl (C=O) groups excluding carboxylic acids is 3. The zero-order chi connectivity index (χ0) is 26.4. The van der Waals surface area contributed by atoms with Gasteiger partial charge >= 0.3 is 5.97 Å². The Kier molecular flexibility index (Phi) is 14.9. The number of hydrogen-bond acceptors (Lipinski definition) is 7. The van der Waals surface area contributed by atoms with Gasteiger partial charge < -0.3 is 38.3 Å². The van der Waals surface area contributed by atoms with Gasteiger partial charge in [-0.1, -0.05) is 40.5 Å². The maximum atomic E-state index is 12.9. The van der Waals surface area contributed by atoms with Gasteiger partial charge in [0.2, 0.25) is 17.7 Å². The maximum Gasteiger partial charge on any atom is 0.326 e. The number of rotatable bonds is 16. The van der Waals surface area contributed by atoms with E-state index in [9.17, 15) is 24.3 Å². The first-order valence-electron chi connectivity index (χ1n) is 11.4. The lowest BCUT2D eigenvalue weighted by atomic mass is 9.95. The quantitative estimate of drug-likeness (QED) is 0.0560. The van der Waals surface area contributed by atoms with E-state index in [4.69, 9.17) is 17.2 Å². The van der Waals surface area contributed by atoms with Crippen molar-refractivity contribution >= 4 is 42.3 Å². The van der Waals surface area contributed by atoms with E-state index < -0.39 is 47.9 Å². The Morgan fingerprint density at radius 3 is 1.91 bits per heavy atom. The predicted molar refractivity (Wildman–Crippen MR) is 134 cm³/mol. The Morgan fingerprint density at radius 1 is 0.912 bits per heavy atom. The third kappa shape index (κ3) is 11.1. The number of guanidine groups is 1. The molecule has 0 aromatic heterocycles. The van der Waals surface area contributed by atoms with Crippen molar-refractivity contribution in [1.29, 1.82) is 0 Å². The van der Waals surface area contributed by atoms with Crippen LogP contribution in [0.2, 0.25) is 0 Å². The van der Waals surface area contributed by atoms with Gasteiger partial charge in [-0.3, -0.25) is 19.4 Å². The van der Waals surface area contributed by atoms with Crippen molar-refractivity contribution in [3.8, 4) is 0 Å². The molecule has 0 bridgehead atoms. The molecule has 12 nitrogen and oxygen atoms in total. The lowest BCUT2D eigenvalue weighted by Gasteiger charge is -2.29. The first-order valence-corrected chi connectivity index (χ1v) is 12.1. The van der Waals surface area contributed by atoms with Crippen LogP contribution in [0.25, 0.3) is 0 Å². The van der Waals surface area contributed by atoms with Crippen LogP contribution < -0.4 is 33.2 Å². The Morgan fingerprint density at radius 2 is 1.44 bits per heavy atom. The lowest BCUT2D eigenvalue weighted by Crippen LogP contribution is -2.59. The summed E-state index contributed by atoms with van der Waals surface area (Å²) in [5.41, 5.74) is 16.4. The Hall–Kier alpha value is -2.54. The van der Waals surface area contributed by atoms with Crippen molar-refractivity contribution in [2.24, 2.45) is 34.0 Å². The molecule has 0 fully saturated rings. The zero-order valence-electron chi connectivity index (χ0n) is 20.4. The number of carbonyl (C=O) groups is 4. The van der Waals surface area contributed by atoms with Gasteiger partial charge in [0.05, 0.1) is 6.04 Å². The zero-order valence-corrected chi connectivity index (χ0v) is 21.3. The molecule has 6 atom stereocenters. The summed E-state index contributed by atoms with van der Waals surface area (Å²) in [6.07, 6.45) is 1.88. The summed E-state index contributed by atoms with van der Waals surface area (Å²) in [6, 6.07) is -4.00. The summed E-state index contributed by atoms with van der Waals surface area (Å²) < 4.78 is 0. The first-order chi connectivity index (χ1) is 15.9. The van der Waals surface area contributed by atoms with E-state index in [-0.39, 0.29) is 23.5 Å². The highest BCUT2D eigenvalue weighted by Gasteiger charge is 2.33. The molecule has 3 amide bonds. The Balaban J connectivity index is 5.23. The number of nitrogens with two attached hydrogens (primary N) is 3. The standard InChI is InChI=1S/C21H41N7O5S/c1-5-11(3)15(19(31)28-16(20(32)33)12(4)6-2)27-18(30)14(10-34)26-17(29)13(22)8-7-9-25-21(23)24/h11-16,34H,5-10,22H2,1-4H3,(H,26,29)(H,27,30)(H,28,31)(H,32,33)(H4,23,24,25). The molecule has 34 heavy (non-hydrogen) atoms. The third-order valence-electron chi connectivity index (χ3n) is 5.69. The molecular formula is C21H41N7O5S. The van der Waals surface area contributed by atoms with Gasteiger partial charge in [0, 0.05) is 12.3 Å². The SMILES string of the molecule is CCC(C)C(NC(=O)C(NC(=O)C(CS)NC(=O)C(N)CCCN=C(N)N)C(C)CC)C(=O)O. The minimum absolute atomic E-state index is 0.0300. The molecule has 0 saturated carbocycles. The van der Waals surface area contributed by atoms with Gasteiger partial charge in [-0.25, -0.2) is 4.79 Å². The van der Waals surface area contributed by atoms with Crippen LogP contribution in [-0.2, 0) is 19.2 Å². The number of carboxylic acids is 1. The second-order valence-corrected chi connectivity index (χ2v) is 8.75. The molecule has 0 aromatic rings. The average Bonchev–Trinajstić information content (AvgIpc) is 2.79. The molecule has 0 heterocycles. The summed E-state index contributed by atoms with van der Waals surface area (Å²) in [5, 5.41) is 17.2. The number of nitrogens with zero attached hydrogens (tertiary/aromatic N) is 1. The highest BCUT2D eigenvalue weighted by atomic mass is 32.1. The van der Waals surface area contributed by atoms with Crippen molar-refractivity contribution < 1.29 is 24.3 Å². The number of hydrogen-bond donors (Lipinski definition) is 8. The molecule has 6 unspecified atom stereocenters. The molecule has 0 rings (SSSR count). The van der Waals surface area contributed by atoms with Crippen LogP contribution >= 0.6 is 12.6 Å². The molecule has 0 spiro atoms. The monoisotopic (exact) mass is 503 g/mol. The van der Waals surface area contributed by atoms with E-state index in [0.29, 0.717) is 32.2 Å². The molecule has 10 N–H and O–H groups in total. The molecule has 0 saturated heterocycles. The van der Waals surface area contributed by atoms with Crippen LogP contribution in [0.3, 0.4) is 0 Å². The highest BCUT2D eigenvalue weighted by molar-refractivity contribution is 7.80. The van der Waals surface area contributed by atoms with E-state index >= 15 is 0 Å². The number of amides is 3. The van der Waals surface area contributed by atoms with Gasteiger partial charge in [0.1, 0.15) is 18.1 Å². The predicted octanol–water partition coefficient (Wildman–Crippen LogP) is -1.07. The molecular weight excluding hydrogens is 462 g/mol. The van der Waals surface area contributed by atoms with Crippen LogP contribution in [0.15, 0.2) is 4.99 Å². The smallest absolute Gasteiger partial charge is 0.326 e. The number of thiol groups is 1. The normalized spacial score (nSPS) is 16.2. The second kappa shape index (κ2) is 16.1. The van der Waals surface area contributed by atoms with Crippen LogP contribution in [-0.4, -0.2) is 71.2 Å². The third-order valence-corrected chi connectivity index (χ3v) is 6.06. The summed E-state index contributed by atoms with van der Waals surface area (Å²) in [5.74, 6) is -3.58. The van der Waals surface area contributed by atoms with E-state index in [0.717, 1.165) is 0 Å². The molecule has 0 aliphatic carbocycles. The van der Waals surface area contributed by atoms with Gasteiger partial charge in [-0.15, -0.1) is 0 Å². The van der Waals surface area contributed by atoms with E-state index in [1.54, 1.807) is 13.8 Å². The molecule has 0 aromatic carbocycles. The Labute approximate surface area is 206 Å². The van der Waals surface area contributed by atoms with Crippen LogP contribution in [0.4, 0.5) is 0 Å². The molecule has 13 heteroatoms. The fourth-order valence-electron chi connectivity index (χ4n) is 3.01. The summed E-state index contributed by atoms with van der Waals surface area (Å²) in [4.78, 5) is 53.6. The number of nitrogens with one attached hydrogen (secondary N) is 3. The summed E-state index contributed by atoms with van der Waals surface area (Å²) in [7, 11) is 0. The second-order valence-electron chi connectivity index (χ2n) is 8.38. The average molecular weight is 504 g/mol. The number of aliphatic imine (C=N–C) groups is 1. The fraction of sp³-hybridized carbons (Fsp3) is 0.762. The fourth-order valence-corrected chi connectivity index (χ4v) is 3.26. The maximum absolute atomic E-state index is 12.9. The van der Waals surface area contributed by atoms with Crippen LogP contribution in [0, 0.1) is 11.8 Å². The van der Waals surface area contributed by atoms with Gasteiger partial charge in [-0.05, 0) is 24.7 Å². The molecule has 0 aliphatic rings. The molecule has 0 radical (unpaired) electrons. The topological polar surface area (TPSA) is 215 Å². The van der Waals surface area contributed by atoms with Crippen molar-refractivity contribution in [3.63, 3.8) is 0 Å². The largest absolute Gasteiger partial charge is 0.480 e. The summed E-state index contributed by atoms with van der Waals surface area (Å²) in [6.45, 7) is 7.48. The van der Waals surface area contributed by atoms with Crippen molar-refractivity contribution in [1.82, 2.24) is 16.0 Å². The molecule has 0 aliphatic heterocycles. The summed E-state index contributed by atoms with van der Waals surface area (Å²) >= 11 is 4.14. The van der Waals surface area contributed by atoms with Crippen molar-refractivity contribution in [3.05, 3.63) is 0 Å². The number of carboxylic acid groups (broad SMARTS) is 1.